The molecule has 1 aliphatic rings. The largest absolute Gasteiger partial charge is 0.324 e. The summed E-state index contributed by atoms with van der Waals surface area (Å²) in [5, 5.41) is 13.4. The first-order valence-corrected chi connectivity index (χ1v) is 6.12. The molecule has 1 atom stereocenters. The Kier molecular flexibility index (Phi) is 2.62. The topological polar surface area (TPSA) is 67.6 Å². The fraction of sp³-hybridized carbons (Fsp3) is 0.286. The van der Waals surface area contributed by atoms with Gasteiger partial charge in [0.15, 0.2) is 0 Å². The van der Waals surface area contributed by atoms with E-state index in [0.717, 1.165) is 30.5 Å². The van der Waals surface area contributed by atoms with Crippen LogP contribution in [0.1, 0.15) is 35.7 Å². The first-order valence-electron chi connectivity index (χ1n) is 6.12. The summed E-state index contributed by atoms with van der Waals surface area (Å²) in [5.74, 6) is 0. The number of rotatable bonds is 1. The van der Waals surface area contributed by atoms with E-state index in [1.807, 2.05) is 29.1 Å². The number of aromatic nitrogens is 2. The van der Waals surface area contributed by atoms with E-state index in [2.05, 4.69) is 11.2 Å². The Balaban J connectivity index is 2.10. The number of fused-ring (bicyclic) bond motifs is 1. The Morgan fingerprint density at radius 3 is 3.17 bits per heavy atom. The molecule has 0 amide bonds. The number of nitrogens with two attached hydrogens (primary N) is 1. The number of benzene rings is 1. The summed E-state index contributed by atoms with van der Waals surface area (Å²) in [6, 6.07) is 9.75. The van der Waals surface area contributed by atoms with Gasteiger partial charge in [0.25, 0.3) is 0 Å². The minimum atomic E-state index is 0.0987. The molecule has 0 radical (unpaired) electrons. The van der Waals surface area contributed by atoms with Gasteiger partial charge in [0.1, 0.15) is 0 Å². The third-order valence-corrected chi connectivity index (χ3v) is 3.45. The van der Waals surface area contributed by atoms with Gasteiger partial charge in [-0.25, -0.2) is 4.68 Å². The van der Waals surface area contributed by atoms with Crippen LogP contribution >= 0.6 is 0 Å². The van der Waals surface area contributed by atoms with E-state index in [1.54, 1.807) is 6.07 Å². The second-order valence-electron chi connectivity index (χ2n) is 4.62. The van der Waals surface area contributed by atoms with Gasteiger partial charge in [-0.1, -0.05) is 6.07 Å². The molecular formula is C14H14N4. The maximum Gasteiger partial charge on any atom is 0.0992 e. The monoisotopic (exact) mass is 238 g/mol. The molecule has 90 valence electrons. The average molecular weight is 238 g/mol. The van der Waals surface area contributed by atoms with Gasteiger partial charge in [0.2, 0.25) is 0 Å². The highest BCUT2D eigenvalue weighted by Gasteiger charge is 2.21. The third-order valence-electron chi connectivity index (χ3n) is 3.45. The van der Waals surface area contributed by atoms with E-state index in [1.165, 1.54) is 5.69 Å². The highest BCUT2D eigenvalue weighted by atomic mass is 15.3. The zero-order chi connectivity index (χ0) is 12.5. The van der Waals surface area contributed by atoms with Gasteiger partial charge in [-0.2, -0.15) is 10.4 Å². The van der Waals surface area contributed by atoms with Crippen molar-refractivity contribution in [1.29, 1.82) is 5.26 Å². The summed E-state index contributed by atoms with van der Waals surface area (Å²) in [6.45, 7) is 0. The van der Waals surface area contributed by atoms with Crippen molar-refractivity contribution in [3.8, 4) is 11.8 Å². The first kappa shape index (κ1) is 11.0. The molecule has 1 aromatic heterocycles. The third kappa shape index (κ3) is 1.69. The van der Waals surface area contributed by atoms with Crippen LogP contribution in [0.4, 0.5) is 0 Å². The van der Waals surface area contributed by atoms with E-state index >= 15 is 0 Å². The molecule has 0 fully saturated rings. The SMILES string of the molecule is N#Cc1cccc(-n2ncc3c2CCCC3N)c1. The molecule has 4 heteroatoms. The highest BCUT2D eigenvalue weighted by Crippen LogP contribution is 2.29. The van der Waals surface area contributed by atoms with Crippen molar-refractivity contribution in [3.05, 3.63) is 47.3 Å². The summed E-state index contributed by atoms with van der Waals surface area (Å²) >= 11 is 0. The van der Waals surface area contributed by atoms with Gasteiger partial charge < -0.3 is 5.73 Å². The lowest BCUT2D eigenvalue weighted by molar-refractivity contribution is 0.558. The molecule has 1 unspecified atom stereocenters. The Labute approximate surface area is 106 Å². The van der Waals surface area contributed by atoms with Gasteiger partial charge in [-0.15, -0.1) is 0 Å². The fourth-order valence-electron chi connectivity index (χ4n) is 2.52. The molecule has 0 saturated heterocycles. The van der Waals surface area contributed by atoms with E-state index in [9.17, 15) is 0 Å². The second kappa shape index (κ2) is 4.28. The smallest absolute Gasteiger partial charge is 0.0992 e. The molecule has 18 heavy (non-hydrogen) atoms. The lowest BCUT2D eigenvalue weighted by Gasteiger charge is -2.19. The molecule has 2 aromatic rings. The molecule has 1 aliphatic carbocycles. The highest BCUT2D eigenvalue weighted by molar-refractivity contribution is 5.43. The van der Waals surface area contributed by atoms with Crippen LogP contribution in [-0.4, -0.2) is 9.78 Å². The Morgan fingerprint density at radius 2 is 2.33 bits per heavy atom. The van der Waals surface area contributed by atoms with Crippen molar-refractivity contribution < 1.29 is 0 Å². The molecule has 0 aliphatic heterocycles. The number of nitriles is 1. The van der Waals surface area contributed by atoms with Gasteiger partial charge >= 0.3 is 0 Å². The van der Waals surface area contributed by atoms with Crippen molar-refractivity contribution >= 4 is 0 Å². The summed E-state index contributed by atoms with van der Waals surface area (Å²) in [5.41, 5.74) is 10.00. The molecule has 1 heterocycles. The van der Waals surface area contributed by atoms with E-state index in [-0.39, 0.29) is 6.04 Å². The number of hydrogen-bond acceptors (Lipinski definition) is 3. The predicted octanol–water partition coefficient (Wildman–Crippen LogP) is 2.08. The van der Waals surface area contributed by atoms with Gasteiger partial charge in [-0.05, 0) is 37.5 Å². The summed E-state index contributed by atoms with van der Waals surface area (Å²) in [7, 11) is 0. The quantitative estimate of drug-likeness (QED) is 0.827. The Morgan fingerprint density at radius 1 is 1.44 bits per heavy atom. The molecule has 0 bridgehead atoms. The van der Waals surface area contributed by atoms with Crippen LogP contribution in [0.5, 0.6) is 0 Å². The molecule has 0 spiro atoms. The van der Waals surface area contributed by atoms with Crippen LogP contribution in [0.25, 0.3) is 5.69 Å². The van der Waals surface area contributed by atoms with Crippen LogP contribution in [0.3, 0.4) is 0 Å². The molecule has 4 nitrogen and oxygen atoms in total. The predicted molar refractivity (Wildman–Crippen MR) is 68.1 cm³/mol. The number of nitrogens with zero attached hydrogens (tertiary/aromatic N) is 3. The van der Waals surface area contributed by atoms with Crippen molar-refractivity contribution in [1.82, 2.24) is 9.78 Å². The van der Waals surface area contributed by atoms with Crippen LogP contribution in [0, 0.1) is 11.3 Å². The maximum atomic E-state index is 8.94. The Bertz CT molecular complexity index is 621. The average Bonchev–Trinajstić information content (AvgIpc) is 2.84. The van der Waals surface area contributed by atoms with E-state index < -0.39 is 0 Å². The Hall–Kier alpha value is -2.12. The minimum absolute atomic E-state index is 0.0987. The normalized spacial score (nSPS) is 18.1. The molecule has 2 N–H and O–H groups in total. The van der Waals surface area contributed by atoms with Crippen molar-refractivity contribution in [2.45, 2.75) is 25.3 Å². The summed E-state index contributed by atoms with van der Waals surface area (Å²) in [6.07, 6.45) is 4.98. The maximum absolute atomic E-state index is 8.94. The summed E-state index contributed by atoms with van der Waals surface area (Å²) < 4.78 is 1.91. The molecule has 3 rings (SSSR count). The van der Waals surface area contributed by atoms with E-state index in [4.69, 9.17) is 11.0 Å². The van der Waals surface area contributed by atoms with Gasteiger partial charge in [0, 0.05) is 17.3 Å². The van der Waals surface area contributed by atoms with Crippen molar-refractivity contribution in [3.63, 3.8) is 0 Å². The lowest BCUT2D eigenvalue weighted by atomic mass is 9.94. The molecular weight excluding hydrogens is 224 g/mol. The van der Waals surface area contributed by atoms with Crippen LogP contribution in [0.2, 0.25) is 0 Å². The zero-order valence-electron chi connectivity index (χ0n) is 10.0. The fourth-order valence-corrected chi connectivity index (χ4v) is 2.52. The van der Waals surface area contributed by atoms with Crippen molar-refractivity contribution in [2.24, 2.45) is 5.73 Å². The molecule has 1 aromatic carbocycles. The van der Waals surface area contributed by atoms with Crippen LogP contribution in [0.15, 0.2) is 30.5 Å². The zero-order valence-corrected chi connectivity index (χ0v) is 10.0. The summed E-state index contributed by atoms with van der Waals surface area (Å²) in [4.78, 5) is 0. The van der Waals surface area contributed by atoms with E-state index in [0.29, 0.717) is 5.56 Å². The van der Waals surface area contributed by atoms with Crippen molar-refractivity contribution in [2.75, 3.05) is 0 Å². The number of hydrogen-bond donors (Lipinski definition) is 1. The van der Waals surface area contributed by atoms with Gasteiger partial charge in [-0.3, -0.25) is 0 Å². The second-order valence-corrected chi connectivity index (χ2v) is 4.62. The van der Waals surface area contributed by atoms with Crippen LogP contribution < -0.4 is 5.73 Å². The lowest BCUT2D eigenvalue weighted by Crippen LogP contribution is -2.18. The van der Waals surface area contributed by atoms with Gasteiger partial charge in [0.05, 0.1) is 23.5 Å². The van der Waals surface area contributed by atoms with Crippen LogP contribution in [-0.2, 0) is 6.42 Å². The first-order chi connectivity index (χ1) is 8.79. The molecule has 0 saturated carbocycles. The standard InChI is InChI=1S/C14H14N4/c15-8-10-3-1-4-11(7-10)18-14-6-2-5-13(16)12(14)9-17-18/h1,3-4,7,9,13H,2,5-6,16H2. The minimum Gasteiger partial charge on any atom is -0.324 e.